The number of thioether (sulfide) groups is 1. The molecule has 1 aromatic heterocycles. The third kappa shape index (κ3) is 6.45. The van der Waals surface area contributed by atoms with Crippen LogP contribution in [-0.4, -0.2) is 56.7 Å². The summed E-state index contributed by atoms with van der Waals surface area (Å²) in [4.78, 5) is 34.9. The second kappa shape index (κ2) is 11.5. The van der Waals surface area contributed by atoms with Gasteiger partial charge < -0.3 is 4.90 Å². The normalized spacial score (nSPS) is 11.6. The summed E-state index contributed by atoms with van der Waals surface area (Å²) >= 11 is 1.33. The Hall–Kier alpha value is -2.64. The Bertz CT molecular complexity index is 1120. The lowest BCUT2D eigenvalue weighted by molar-refractivity contribution is -0.127. The van der Waals surface area contributed by atoms with E-state index in [0.717, 1.165) is 12.1 Å². The van der Waals surface area contributed by atoms with Crippen molar-refractivity contribution in [1.82, 2.24) is 19.4 Å². The highest BCUT2D eigenvalue weighted by Crippen LogP contribution is 2.19. The predicted octanol–water partition coefficient (Wildman–Crippen LogP) is 4.27. The van der Waals surface area contributed by atoms with Crippen molar-refractivity contribution in [2.45, 2.75) is 58.0 Å². The molecule has 3 aromatic rings. The van der Waals surface area contributed by atoms with Gasteiger partial charge in [-0.3, -0.25) is 19.1 Å². The number of hydrogen-bond acceptors (Lipinski definition) is 5. The van der Waals surface area contributed by atoms with E-state index in [1.54, 1.807) is 16.5 Å². The zero-order valence-electron chi connectivity index (χ0n) is 20.2. The molecule has 0 radical (unpaired) electrons. The summed E-state index contributed by atoms with van der Waals surface area (Å²) in [5.41, 5.74) is 1.69. The third-order valence-electron chi connectivity index (χ3n) is 5.75. The molecule has 2 aromatic carbocycles. The summed E-state index contributed by atoms with van der Waals surface area (Å²) in [5.74, 6) is 0.232. The number of hydrogen-bond donors (Lipinski definition) is 0. The molecule has 1 amide bonds. The van der Waals surface area contributed by atoms with Crippen molar-refractivity contribution in [3.63, 3.8) is 0 Å². The summed E-state index contributed by atoms with van der Waals surface area (Å²) in [6, 6.07) is 18.1. The molecule has 0 aliphatic carbocycles. The molecule has 33 heavy (non-hydrogen) atoms. The van der Waals surface area contributed by atoms with Crippen LogP contribution in [0.25, 0.3) is 10.9 Å². The molecule has 0 bridgehead atoms. The molecule has 0 aliphatic rings. The first-order valence-electron chi connectivity index (χ1n) is 11.4. The number of carbonyl (C=O) groups is 1. The zero-order chi connectivity index (χ0) is 24.0. The quantitative estimate of drug-likeness (QED) is 0.330. The molecule has 1 heterocycles. The molecule has 3 rings (SSSR count). The predicted molar refractivity (Wildman–Crippen MR) is 137 cm³/mol. The average molecular weight is 467 g/mol. The van der Waals surface area contributed by atoms with Crippen molar-refractivity contribution < 1.29 is 4.79 Å². The number of nitrogens with zero attached hydrogens (tertiary/aromatic N) is 4. The topological polar surface area (TPSA) is 58.4 Å². The minimum atomic E-state index is -0.0550. The van der Waals surface area contributed by atoms with Crippen LogP contribution in [0.15, 0.2) is 64.5 Å². The van der Waals surface area contributed by atoms with Crippen LogP contribution in [0.1, 0.15) is 33.3 Å². The standard InChI is InChI=1S/C26H34N4O2S/c1-19(2)29(20(3)4)15-16-30-25(32)22-13-9-10-14-23(22)27-26(30)33-18-24(31)28(5)17-21-11-7-6-8-12-21/h6-14,19-20H,15-18H2,1-5H3. The average Bonchev–Trinajstić information content (AvgIpc) is 2.79. The van der Waals surface area contributed by atoms with Crippen molar-refractivity contribution in [1.29, 1.82) is 0 Å². The van der Waals surface area contributed by atoms with Crippen LogP contribution in [0, 0.1) is 0 Å². The van der Waals surface area contributed by atoms with Crippen molar-refractivity contribution >= 4 is 28.6 Å². The van der Waals surface area contributed by atoms with Crippen LogP contribution in [0.5, 0.6) is 0 Å². The first kappa shape index (κ1) is 25.0. The second-order valence-electron chi connectivity index (χ2n) is 8.82. The van der Waals surface area contributed by atoms with Crippen LogP contribution in [0.2, 0.25) is 0 Å². The summed E-state index contributed by atoms with van der Waals surface area (Å²) in [5, 5.41) is 1.20. The summed E-state index contributed by atoms with van der Waals surface area (Å²) in [6.07, 6.45) is 0. The Labute approximate surface area is 200 Å². The molecule has 0 fully saturated rings. The Balaban J connectivity index is 1.81. The van der Waals surface area contributed by atoms with Gasteiger partial charge in [0.2, 0.25) is 5.91 Å². The van der Waals surface area contributed by atoms with Crippen LogP contribution >= 0.6 is 11.8 Å². The lowest BCUT2D eigenvalue weighted by Crippen LogP contribution is -2.40. The van der Waals surface area contributed by atoms with Crippen LogP contribution in [0.4, 0.5) is 0 Å². The molecule has 0 unspecified atom stereocenters. The van der Waals surface area contributed by atoms with Gasteiger partial charge in [-0.25, -0.2) is 4.98 Å². The highest BCUT2D eigenvalue weighted by atomic mass is 32.2. The number of aromatic nitrogens is 2. The van der Waals surface area contributed by atoms with E-state index >= 15 is 0 Å². The maximum absolute atomic E-state index is 13.3. The molecule has 176 valence electrons. The lowest BCUT2D eigenvalue weighted by atomic mass is 10.2. The van der Waals surface area contributed by atoms with Gasteiger partial charge >= 0.3 is 0 Å². The zero-order valence-corrected chi connectivity index (χ0v) is 21.0. The molecule has 0 saturated heterocycles. The summed E-state index contributed by atoms with van der Waals surface area (Å²) in [6.45, 7) is 10.5. The molecule has 6 nitrogen and oxygen atoms in total. The van der Waals surface area contributed by atoms with Crippen molar-refractivity contribution in [2.75, 3.05) is 19.3 Å². The first-order valence-corrected chi connectivity index (χ1v) is 12.4. The van der Waals surface area contributed by atoms with Gasteiger partial charge in [-0.1, -0.05) is 54.2 Å². The second-order valence-corrected chi connectivity index (χ2v) is 9.76. The number of benzene rings is 2. The number of para-hydroxylation sites is 1. The fourth-order valence-corrected chi connectivity index (χ4v) is 4.93. The van der Waals surface area contributed by atoms with Gasteiger partial charge in [0.25, 0.3) is 5.56 Å². The largest absolute Gasteiger partial charge is 0.341 e. The fourth-order valence-electron chi connectivity index (χ4n) is 3.97. The highest BCUT2D eigenvalue weighted by molar-refractivity contribution is 7.99. The lowest BCUT2D eigenvalue weighted by Gasteiger charge is -2.30. The van der Waals surface area contributed by atoms with Crippen molar-refractivity contribution in [2.24, 2.45) is 0 Å². The molecule has 0 spiro atoms. The molecule has 0 aliphatic heterocycles. The van der Waals surface area contributed by atoms with Gasteiger partial charge in [-0.15, -0.1) is 0 Å². The highest BCUT2D eigenvalue weighted by Gasteiger charge is 2.18. The van der Waals surface area contributed by atoms with Gasteiger partial charge in [0, 0.05) is 38.8 Å². The molecule has 0 N–H and O–H groups in total. The number of amides is 1. The van der Waals surface area contributed by atoms with E-state index < -0.39 is 0 Å². The van der Waals surface area contributed by atoms with Gasteiger partial charge in [0.15, 0.2) is 5.16 Å². The SMILES string of the molecule is CC(C)N(CCn1c(SCC(=O)N(C)Cc2ccccc2)nc2ccccc2c1=O)C(C)C. The maximum Gasteiger partial charge on any atom is 0.262 e. The van der Waals surface area contributed by atoms with Gasteiger partial charge in [0.05, 0.1) is 16.7 Å². The number of rotatable bonds is 10. The van der Waals surface area contributed by atoms with E-state index in [-0.39, 0.29) is 17.2 Å². The number of fused-ring (bicyclic) bond motifs is 1. The van der Waals surface area contributed by atoms with E-state index in [0.29, 0.717) is 41.2 Å². The van der Waals surface area contributed by atoms with E-state index in [9.17, 15) is 9.59 Å². The maximum atomic E-state index is 13.3. The van der Waals surface area contributed by atoms with Gasteiger partial charge in [-0.2, -0.15) is 0 Å². The van der Waals surface area contributed by atoms with Crippen molar-refractivity contribution in [3.8, 4) is 0 Å². The monoisotopic (exact) mass is 466 g/mol. The van der Waals surface area contributed by atoms with Crippen molar-refractivity contribution in [3.05, 3.63) is 70.5 Å². The number of carbonyl (C=O) groups excluding carboxylic acids is 1. The Morgan fingerprint density at radius 3 is 2.30 bits per heavy atom. The van der Waals surface area contributed by atoms with Crippen LogP contribution in [-0.2, 0) is 17.9 Å². The van der Waals surface area contributed by atoms with E-state index in [1.165, 1.54) is 11.8 Å². The first-order chi connectivity index (χ1) is 15.8. The van der Waals surface area contributed by atoms with Gasteiger partial charge in [0.1, 0.15) is 0 Å². The summed E-state index contributed by atoms with van der Waals surface area (Å²) in [7, 11) is 1.81. The minimum absolute atomic E-state index is 0.00352. The van der Waals surface area contributed by atoms with Crippen LogP contribution in [0.3, 0.4) is 0 Å². The molecule has 0 saturated carbocycles. The molecule has 0 atom stereocenters. The Kier molecular flexibility index (Phi) is 8.69. The van der Waals surface area contributed by atoms with E-state index in [1.807, 2.05) is 54.6 Å². The van der Waals surface area contributed by atoms with Crippen LogP contribution < -0.4 is 5.56 Å². The molecular formula is C26H34N4O2S. The van der Waals surface area contributed by atoms with Gasteiger partial charge in [-0.05, 0) is 45.4 Å². The molecular weight excluding hydrogens is 432 g/mol. The van der Waals surface area contributed by atoms with E-state index in [4.69, 9.17) is 4.98 Å². The fraction of sp³-hybridized carbons (Fsp3) is 0.423. The smallest absolute Gasteiger partial charge is 0.262 e. The molecule has 7 heteroatoms. The summed E-state index contributed by atoms with van der Waals surface area (Å²) < 4.78 is 1.73. The third-order valence-corrected chi connectivity index (χ3v) is 6.71. The van der Waals surface area contributed by atoms with E-state index in [2.05, 4.69) is 32.6 Å². The Morgan fingerprint density at radius 1 is 1.00 bits per heavy atom. The Morgan fingerprint density at radius 2 is 1.64 bits per heavy atom. The minimum Gasteiger partial charge on any atom is -0.341 e.